The van der Waals surface area contributed by atoms with Gasteiger partial charge in [0, 0.05) is 32.2 Å². The standard InChI is InChI=1S/C51H35BrO2/c1-49(2)42-22-12-5-15-32(42)26-47-46(49)28-41-45(51(47,54)44-25-31-14-4-7-17-36(31)38-19-9-11-21-40(38)44)27-33-23-34(52)29-50(53,48(33)41)43-24-30-13-3-6-16-35(30)37-18-8-10-20-39(37)43/h3-29,53-54H,1-2H3. The van der Waals surface area contributed by atoms with E-state index in [0.717, 1.165) is 97.7 Å². The topological polar surface area (TPSA) is 40.5 Å². The second-order valence-electron chi connectivity index (χ2n) is 15.7. The molecule has 3 heteroatoms. The van der Waals surface area contributed by atoms with Gasteiger partial charge in [0.2, 0.25) is 0 Å². The quantitative estimate of drug-likeness (QED) is 0.172. The Labute approximate surface area is 322 Å². The van der Waals surface area contributed by atoms with E-state index >= 15 is 0 Å². The Bertz CT molecular complexity index is 3060. The molecule has 0 fully saturated rings. The van der Waals surface area contributed by atoms with E-state index in [1.807, 2.05) is 12.1 Å². The Morgan fingerprint density at radius 1 is 0.481 bits per heavy atom. The third-order valence-corrected chi connectivity index (χ3v) is 12.9. The summed E-state index contributed by atoms with van der Waals surface area (Å²) < 4.78 is 0.786. The van der Waals surface area contributed by atoms with Gasteiger partial charge in [-0.15, -0.1) is 0 Å². The molecule has 0 saturated carbocycles. The van der Waals surface area contributed by atoms with Gasteiger partial charge in [-0.1, -0.05) is 151 Å². The lowest BCUT2D eigenvalue weighted by atomic mass is 9.59. The number of fused-ring (bicyclic) bond motifs is 10. The summed E-state index contributed by atoms with van der Waals surface area (Å²) in [6, 6.07) is 46.5. The van der Waals surface area contributed by atoms with Crippen molar-refractivity contribution in [1.82, 2.24) is 0 Å². The smallest absolute Gasteiger partial charge is 0.142 e. The van der Waals surface area contributed by atoms with Crippen molar-refractivity contribution < 1.29 is 10.2 Å². The highest BCUT2D eigenvalue weighted by atomic mass is 79.9. The zero-order chi connectivity index (χ0) is 36.6. The van der Waals surface area contributed by atoms with Crippen LogP contribution in [-0.2, 0) is 16.6 Å². The van der Waals surface area contributed by atoms with Gasteiger partial charge in [0.15, 0.2) is 0 Å². The predicted octanol–water partition coefficient (Wildman–Crippen LogP) is 12.1. The molecule has 0 heterocycles. The van der Waals surface area contributed by atoms with Gasteiger partial charge in [0.1, 0.15) is 11.2 Å². The fourth-order valence-corrected chi connectivity index (χ4v) is 10.6. The summed E-state index contributed by atoms with van der Waals surface area (Å²) in [5, 5.41) is 36.3. The van der Waals surface area contributed by atoms with Crippen LogP contribution in [0, 0.1) is 0 Å². The average molecular weight is 760 g/mol. The second-order valence-corrected chi connectivity index (χ2v) is 16.6. The Balaban J connectivity index is 1.28. The zero-order valence-corrected chi connectivity index (χ0v) is 31.4. The van der Waals surface area contributed by atoms with Crippen LogP contribution in [0.4, 0.5) is 0 Å². The highest BCUT2D eigenvalue weighted by molar-refractivity contribution is 9.11. The maximum absolute atomic E-state index is 14.1. The van der Waals surface area contributed by atoms with Gasteiger partial charge in [0.25, 0.3) is 0 Å². The molecular weight excluding hydrogens is 724 g/mol. The number of benzene rings is 7. The Morgan fingerprint density at radius 2 is 1.02 bits per heavy atom. The summed E-state index contributed by atoms with van der Waals surface area (Å²) in [4.78, 5) is 0. The van der Waals surface area contributed by atoms with Crippen molar-refractivity contribution in [1.29, 1.82) is 0 Å². The normalized spacial score (nSPS) is 22.6. The molecule has 7 aromatic carbocycles. The molecule has 0 bridgehead atoms. The van der Waals surface area contributed by atoms with Gasteiger partial charge in [-0.3, -0.25) is 0 Å². The molecule has 2 atom stereocenters. The Morgan fingerprint density at radius 3 is 1.69 bits per heavy atom. The molecule has 0 saturated heterocycles. The number of hydrogen-bond acceptors (Lipinski definition) is 2. The van der Waals surface area contributed by atoms with Gasteiger partial charge in [0.05, 0.1) is 0 Å². The molecule has 2 N–H and O–H groups in total. The van der Waals surface area contributed by atoms with Gasteiger partial charge in [-0.25, -0.2) is 0 Å². The predicted molar refractivity (Wildman–Crippen MR) is 226 cm³/mol. The van der Waals surface area contributed by atoms with E-state index in [0.29, 0.717) is 0 Å². The maximum atomic E-state index is 14.1. The van der Waals surface area contributed by atoms with Crippen molar-refractivity contribution >= 4 is 65.1 Å². The first-order valence-corrected chi connectivity index (χ1v) is 19.4. The fraction of sp³-hybridized carbons (Fsp3) is 0.0980. The van der Waals surface area contributed by atoms with Crippen LogP contribution in [0.25, 0.3) is 49.2 Å². The minimum Gasteiger partial charge on any atom is -0.377 e. The van der Waals surface area contributed by atoms with Crippen LogP contribution in [-0.4, -0.2) is 10.2 Å². The zero-order valence-electron chi connectivity index (χ0n) is 29.9. The first-order chi connectivity index (χ1) is 26.2. The molecule has 54 heavy (non-hydrogen) atoms. The van der Waals surface area contributed by atoms with E-state index in [4.69, 9.17) is 0 Å². The minimum absolute atomic E-state index is 0.453. The number of halogens is 1. The SMILES string of the molecule is CC1(C)C2=CC3=C4C(=CC(Br)=CC4(O)c4cc5ccccc5c5ccccc45)C=C3C(O)(c3cc4ccccc4c4ccccc34)C2=Cc2ccccc21. The van der Waals surface area contributed by atoms with Crippen molar-refractivity contribution in [3.63, 3.8) is 0 Å². The third-order valence-electron chi connectivity index (χ3n) is 12.5. The van der Waals surface area contributed by atoms with Gasteiger partial charge in [-0.2, -0.15) is 0 Å². The molecule has 0 aliphatic heterocycles. The van der Waals surface area contributed by atoms with Crippen molar-refractivity contribution in [2.45, 2.75) is 30.5 Å². The van der Waals surface area contributed by atoms with Gasteiger partial charge < -0.3 is 10.2 Å². The second kappa shape index (κ2) is 11.0. The van der Waals surface area contributed by atoms with Crippen molar-refractivity contribution in [3.8, 4) is 0 Å². The Hall–Kier alpha value is -5.58. The van der Waals surface area contributed by atoms with Crippen molar-refractivity contribution in [2.24, 2.45) is 0 Å². The largest absolute Gasteiger partial charge is 0.377 e. The molecule has 0 aromatic heterocycles. The van der Waals surface area contributed by atoms with E-state index < -0.39 is 16.6 Å². The van der Waals surface area contributed by atoms with Gasteiger partial charge in [-0.05, 0) is 119 Å². The summed E-state index contributed by atoms with van der Waals surface area (Å²) in [6.07, 6.45) is 10.6. The lowest BCUT2D eigenvalue weighted by molar-refractivity contribution is 0.118. The molecule has 0 amide bonds. The van der Waals surface area contributed by atoms with Crippen LogP contribution in [0.15, 0.2) is 196 Å². The van der Waals surface area contributed by atoms with E-state index in [1.165, 1.54) is 5.56 Å². The summed E-state index contributed by atoms with van der Waals surface area (Å²) in [6.45, 7) is 4.52. The summed E-state index contributed by atoms with van der Waals surface area (Å²) >= 11 is 3.83. The first kappa shape index (κ1) is 31.9. The molecular formula is C51H35BrO2. The van der Waals surface area contributed by atoms with Gasteiger partial charge >= 0.3 is 0 Å². The molecule has 4 aliphatic rings. The molecule has 0 spiro atoms. The summed E-state index contributed by atoms with van der Waals surface area (Å²) in [5.41, 5.74) is 5.62. The number of allylic oxidation sites excluding steroid dienone is 4. The molecule has 0 radical (unpaired) electrons. The fourth-order valence-electron chi connectivity index (χ4n) is 10.0. The average Bonchev–Trinajstić information content (AvgIpc) is 3.57. The highest BCUT2D eigenvalue weighted by Gasteiger charge is 2.54. The highest BCUT2D eigenvalue weighted by Crippen LogP contribution is 2.62. The maximum Gasteiger partial charge on any atom is 0.142 e. The number of aliphatic hydroxyl groups is 2. The Kier molecular flexibility index (Phi) is 6.49. The molecule has 258 valence electrons. The summed E-state index contributed by atoms with van der Waals surface area (Å²) in [7, 11) is 0. The molecule has 4 aliphatic carbocycles. The molecule has 7 aromatic rings. The minimum atomic E-state index is -1.56. The van der Waals surface area contributed by atoms with E-state index in [9.17, 15) is 10.2 Å². The van der Waals surface area contributed by atoms with Crippen LogP contribution >= 0.6 is 15.9 Å². The van der Waals surface area contributed by atoms with Crippen LogP contribution in [0.2, 0.25) is 0 Å². The lowest BCUT2D eigenvalue weighted by Crippen LogP contribution is -2.41. The number of rotatable bonds is 2. The van der Waals surface area contributed by atoms with Crippen LogP contribution < -0.4 is 0 Å². The van der Waals surface area contributed by atoms with E-state index in [2.05, 4.69) is 181 Å². The molecule has 2 nitrogen and oxygen atoms in total. The number of hydrogen-bond donors (Lipinski definition) is 2. The molecule has 2 unspecified atom stereocenters. The monoisotopic (exact) mass is 758 g/mol. The van der Waals surface area contributed by atoms with E-state index in [1.54, 1.807) is 0 Å². The van der Waals surface area contributed by atoms with E-state index in [-0.39, 0.29) is 0 Å². The summed E-state index contributed by atoms with van der Waals surface area (Å²) in [5.74, 6) is 0. The first-order valence-electron chi connectivity index (χ1n) is 18.6. The van der Waals surface area contributed by atoms with Crippen LogP contribution in [0.1, 0.15) is 36.1 Å². The van der Waals surface area contributed by atoms with Crippen LogP contribution in [0.5, 0.6) is 0 Å². The van der Waals surface area contributed by atoms with Crippen molar-refractivity contribution in [3.05, 3.63) is 218 Å². The van der Waals surface area contributed by atoms with Crippen LogP contribution in [0.3, 0.4) is 0 Å². The van der Waals surface area contributed by atoms with Crippen molar-refractivity contribution in [2.75, 3.05) is 0 Å². The lowest BCUT2D eigenvalue weighted by Gasteiger charge is -2.47. The molecule has 11 rings (SSSR count). The third kappa shape index (κ3) is 4.12.